The number of nitrogens with zero attached hydrogens (tertiary/aromatic N) is 3. The first-order valence-corrected chi connectivity index (χ1v) is 17.3. The van der Waals surface area contributed by atoms with Gasteiger partial charge in [-0.3, -0.25) is 18.9 Å². The molecular weight excluding hydrogens is 615 g/mol. The predicted octanol–water partition coefficient (Wildman–Crippen LogP) is 1.86. The van der Waals surface area contributed by atoms with Crippen LogP contribution in [0.15, 0.2) is 11.1 Å². The van der Waals surface area contributed by atoms with E-state index >= 15 is 0 Å². The molecule has 7 N–H and O–H groups in total. The number of H-pyrrole nitrogens is 1. The van der Waals surface area contributed by atoms with Crippen LogP contribution >= 0.6 is 45.1 Å². The Balaban J connectivity index is 1.75. The summed E-state index contributed by atoms with van der Waals surface area (Å²) in [6, 6.07) is 0. The highest BCUT2D eigenvalue weighted by molar-refractivity contribution is 8.77. The Kier molecular flexibility index (Phi) is 9.98. The minimum atomic E-state index is -5.68. The number of anilines is 1. The van der Waals surface area contributed by atoms with Crippen molar-refractivity contribution in [3.63, 3.8) is 0 Å². The van der Waals surface area contributed by atoms with E-state index in [0.29, 0.717) is 0 Å². The number of phosphoric acid groups is 3. The Morgan fingerprint density at radius 1 is 1.21 bits per heavy atom. The van der Waals surface area contributed by atoms with Gasteiger partial charge in [0.1, 0.15) is 18.3 Å². The Labute approximate surface area is 222 Å². The van der Waals surface area contributed by atoms with Gasteiger partial charge in [0, 0.05) is 11.2 Å². The van der Waals surface area contributed by atoms with Gasteiger partial charge in [0.25, 0.3) is 5.56 Å². The van der Waals surface area contributed by atoms with Crippen molar-refractivity contribution in [2.45, 2.75) is 50.4 Å². The molecule has 38 heavy (non-hydrogen) atoms. The molecule has 0 aliphatic carbocycles. The summed E-state index contributed by atoms with van der Waals surface area (Å²) in [5.41, 5.74) is 5.17. The number of imidazole rings is 1. The molecule has 3 heterocycles. The minimum absolute atomic E-state index is 0.00545. The van der Waals surface area contributed by atoms with E-state index in [4.69, 9.17) is 29.5 Å². The fourth-order valence-corrected chi connectivity index (χ4v) is 8.17. The molecule has 5 atom stereocenters. The van der Waals surface area contributed by atoms with Crippen molar-refractivity contribution in [1.82, 2.24) is 19.5 Å². The van der Waals surface area contributed by atoms with Crippen LogP contribution in [-0.4, -0.2) is 68.6 Å². The molecule has 0 amide bonds. The van der Waals surface area contributed by atoms with Gasteiger partial charge < -0.3 is 34.8 Å². The van der Waals surface area contributed by atoms with Crippen LogP contribution in [0, 0.1) is 0 Å². The molecule has 1 fully saturated rings. The summed E-state index contributed by atoms with van der Waals surface area (Å²) in [6.07, 6.45) is -1.21. The van der Waals surface area contributed by atoms with Crippen molar-refractivity contribution in [2.75, 3.05) is 18.3 Å². The Morgan fingerprint density at radius 3 is 2.53 bits per heavy atom. The molecular formula is C15H26N5O13P3S2. The largest absolute Gasteiger partial charge is 0.490 e. The van der Waals surface area contributed by atoms with E-state index in [0.717, 1.165) is 0 Å². The van der Waals surface area contributed by atoms with Crippen molar-refractivity contribution in [1.29, 1.82) is 0 Å². The fourth-order valence-electron chi connectivity index (χ4n) is 3.14. The van der Waals surface area contributed by atoms with E-state index in [1.807, 2.05) is 20.8 Å². The molecule has 1 aliphatic rings. The number of phosphoric ester groups is 1. The summed E-state index contributed by atoms with van der Waals surface area (Å²) in [5.74, 6) is 0.0270. The molecule has 0 bridgehead atoms. The number of rotatable bonds is 12. The third-order valence-electron chi connectivity index (χ3n) is 4.40. The summed E-state index contributed by atoms with van der Waals surface area (Å²) in [7, 11) is -13.6. The van der Waals surface area contributed by atoms with Gasteiger partial charge in [0.15, 0.2) is 11.2 Å². The number of hydrogen-bond acceptors (Lipinski definition) is 14. The zero-order chi connectivity index (χ0) is 28.5. The van der Waals surface area contributed by atoms with E-state index < -0.39 is 54.1 Å². The lowest BCUT2D eigenvalue weighted by Gasteiger charge is -2.22. The number of hydrogen-bond donors (Lipinski definition) is 6. The first kappa shape index (κ1) is 31.7. The van der Waals surface area contributed by atoms with Crippen LogP contribution in [0.3, 0.4) is 0 Å². The summed E-state index contributed by atoms with van der Waals surface area (Å²) >= 11 is 0. The van der Waals surface area contributed by atoms with Crippen molar-refractivity contribution in [2.24, 2.45) is 0 Å². The number of aromatic nitrogens is 4. The van der Waals surface area contributed by atoms with Crippen LogP contribution in [-0.2, 0) is 36.3 Å². The molecule has 2 aromatic rings. The Morgan fingerprint density at radius 2 is 1.89 bits per heavy atom. The van der Waals surface area contributed by atoms with Crippen molar-refractivity contribution in [3.8, 4) is 0 Å². The topological polar surface area (TPSA) is 268 Å². The molecule has 0 saturated carbocycles. The number of nitrogens with one attached hydrogen (secondary N) is 1. The highest BCUT2D eigenvalue weighted by atomic mass is 33.1. The fraction of sp³-hybridized carbons (Fsp3) is 0.667. The molecule has 3 unspecified atom stereocenters. The average molecular weight is 641 g/mol. The maximum atomic E-state index is 12.2. The van der Waals surface area contributed by atoms with Gasteiger partial charge in [-0.2, -0.15) is 13.6 Å². The lowest BCUT2D eigenvalue weighted by Crippen LogP contribution is -2.29. The quantitative estimate of drug-likeness (QED) is 0.0835. The molecule has 1 aliphatic heterocycles. The normalized spacial score (nSPS) is 23.9. The van der Waals surface area contributed by atoms with Crippen molar-refractivity contribution >= 4 is 62.2 Å². The summed E-state index contributed by atoms with van der Waals surface area (Å²) in [5, 5.41) is 0. The first-order chi connectivity index (χ1) is 17.3. The molecule has 0 aromatic carbocycles. The maximum Gasteiger partial charge on any atom is 0.490 e. The zero-order valence-electron chi connectivity index (χ0n) is 20.0. The average Bonchev–Trinajstić information content (AvgIpc) is 3.30. The van der Waals surface area contributed by atoms with Gasteiger partial charge in [-0.15, -0.1) is 0 Å². The van der Waals surface area contributed by atoms with Gasteiger partial charge in [-0.05, 0) is 0 Å². The van der Waals surface area contributed by atoms with Crippen LogP contribution in [0.1, 0.15) is 33.4 Å². The van der Waals surface area contributed by atoms with Gasteiger partial charge in [-0.1, -0.05) is 42.4 Å². The van der Waals surface area contributed by atoms with Gasteiger partial charge in [-0.25, -0.2) is 18.7 Å². The second-order valence-electron chi connectivity index (χ2n) is 8.66. The third-order valence-corrected chi connectivity index (χ3v) is 11.2. The summed E-state index contributed by atoms with van der Waals surface area (Å²) in [4.78, 5) is 59.0. The second kappa shape index (κ2) is 12.0. The molecule has 18 nitrogen and oxygen atoms in total. The Bertz CT molecular complexity index is 1340. The number of aromatic amines is 1. The highest BCUT2D eigenvalue weighted by Crippen LogP contribution is 2.66. The smallest absolute Gasteiger partial charge is 0.369 e. The van der Waals surface area contributed by atoms with E-state index in [1.165, 1.54) is 21.7 Å². The molecule has 2 aromatic heterocycles. The number of nitrogens with two attached hydrogens (primary N) is 1. The Hall–Kier alpha value is -0.820. The molecule has 216 valence electrons. The van der Waals surface area contributed by atoms with Gasteiger partial charge in [0.2, 0.25) is 5.95 Å². The van der Waals surface area contributed by atoms with Crippen molar-refractivity contribution in [3.05, 3.63) is 16.7 Å². The van der Waals surface area contributed by atoms with E-state index in [2.05, 4.69) is 23.6 Å². The lowest BCUT2D eigenvalue weighted by atomic mass is 10.2. The predicted molar refractivity (Wildman–Crippen MR) is 136 cm³/mol. The molecule has 23 heteroatoms. The van der Waals surface area contributed by atoms with Crippen LogP contribution in [0.5, 0.6) is 0 Å². The van der Waals surface area contributed by atoms with Crippen LogP contribution in [0.2, 0.25) is 0 Å². The maximum absolute atomic E-state index is 12.2. The van der Waals surface area contributed by atoms with E-state index in [-0.39, 0.29) is 34.2 Å². The van der Waals surface area contributed by atoms with Gasteiger partial charge >= 0.3 is 23.5 Å². The third kappa shape index (κ3) is 9.38. The first-order valence-electron chi connectivity index (χ1n) is 10.4. The number of fused-ring (bicyclic) bond motifs is 1. The highest BCUT2D eigenvalue weighted by Gasteiger charge is 2.43. The molecule has 3 rings (SSSR count). The number of ether oxygens (including phenoxy) is 2. The SMILES string of the molecule is CC(C)(C)SSCOC1C[C@H](n2cnc3c(=O)[nH]c(N)nc32)O[C@@H]1COP(=O)(O)OP(=O)(O)OP(=O)(O)O. The molecule has 0 spiro atoms. The molecule has 1 saturated heterocycles. The lowest BCUT2D eigenvalue weighted by molar-refractivity contribution is -0.0522. The zero-order valence-corrected chi connectivity index (χ0v) is 24.3. The number of nitrogen functional groups attached to an aromatic ring is 1. The second-order valence-corrected chi connectivity index (χ2v) is 16.2. The van der Waals surface area contributed by atoms with E-state index in [9.17, 15) is 28.3 Å². The molecule has 0 radical (unpaired) electrons. The van der Waals surface area contributed by atoms with Gasteiger partial charge in [0.05, 0.1) is 19.0 Å². The van der Waals surface area contributed by atoms with Crippen molar-refractivity contribution < 1.29 is 55.9 Å². The van der Waals surface area contributed by atoms with Crippen LogP contribution in [0.25, 0.3) is 11.2 Å². The van der Waals surface area contributed by atoms with Crippen LogP contribution < -0.4 is 11.3 Å². The van der Waals surface area contributed by atoms with E-state index in [1.54, 1.807) is 10.8 Å². The minimum Gasteiger partial charge on any atom is -0.369 e. The standard InChI is InChI=1S/C15H26N5O13P3S2/c1-15(2,3)38-37-7-29-8-4-10(20-6-17-11-12(20)18-14(16)19-13(11)21)31-9(8)5-30-35(25,26)33-36(27,28)32-34(22,23)24/h6,8-10H,4-5,7H2,1-3H3,(H,25,26)(H,27,28)(H2,22,23,24)(H3,16,18,19,21)/t8?,9-,10-/m1/s1. The monoisotopic (exact) mass is 641 g/mol. The van der Waals surface area contributed by atoms with Crippen LogP contribution in [0.4, 0.5) is 5.95 Å². The summed E-state index contributed by atoms with van der Waals surface area (Å²) < 4.78 is 59.9. The summed E-state index contributed by atoms with van der Waals surface area (Å²) in [6.45, 7) is 5.31.